The fraction of sp³-hybridized carbons (Fsp3) is 0.562. The highest BCUT2D eigenvalue weighted by Gasteiger charge is 2.24. The van der Waals surface area contributed by atoms with Gasteiger partial charge in [0.25, 0.3) is 5.91 Å². The molecule has 1 aliphatic rings. The molecule has 1 saturated heterocycles. The number of carbonyl (C=O) groups is 1. The summed E-state index contributed by atoms with van der Waals surface area (Å²) in [5.74, 6) is 0.0780. The van der Waals surface area contributed by atoms with E-state index in [9.17, 15) is 13.2 Å². The van der Waals surface area contributed by atoms with Crippen LogP contribution in [0.2, 0.25) is 0 Å². The Morgan fingerprint density at radius 3 is 2.33 bits per heavy atom. The number of nitrogens with zero attached hydrogens (tertiary/aromatic N) is 1. The Balaban J connectivity index is 1.96. The molecule has 2 rings (SSSR count). The van der Waals surface area contributed by atoms with Gasteiger partial charge >= 0.3 is 0 Å². The van der Waals surface area contributed by atoms with Gasteiger partial charge in [0.05, 0.1) is 11.5 Å². The summed E-state index contributed by atoms with van der Waals surface area (Å²) < 4.78 is 32.1. The number of amides is 1. The van der Waals surface area contributed by atoms with Crippen molar-refractivity contribution < 1.29 is 23.1 Å². The minimum absolute atomic E-state index is 0.130. The molecular weight excluding hydrogens is 332 g/mol. The number of sulfonamides is 1. The molecular formula is C16H24N2O5S. The Hall–Kier alpha value is -1.64. The van der Waals surface area contributed by atoms with Gasteiger partial charge in [-0.3, -0.25) is 4.79 Å². The first kappa shape index (κ1) is 18.7. The summed E-state index contributed by atoms with van der Waals surface area (Å²) in [5, 5.41) is 11.1. The van der Waals surface area contributed by atoms with E-state index in [1.807, 2.05) is 0 Å². The van der Waals surface area contributed by atoms with Crippen molar-refractivity contribution in [1.29, 1.82) is 0 Å². The Morgan fingerprint density at radius 1 is 1.12 bits per heavy atom. The zero-order valence-corrected chi connectivity index (χ0v) is 14.4. The van der Waals surface area contributed by atoms with Crippen LogP contribution >= 0.6 is 0 Å². The second-order valence-corrected chi connectivity index (χ2v) is 7.59. The van der Waals surface area contributed by atoms with Gasteiger partial charge < -0.3 is 15.2 Å². The van der Waals surface area contributed by atoms with Crippen LogP contribution in [0.4, 0.5) is 0 Å². The molecule has 0 saturated carbocycles. The van der Waals surface area contributed by atoms with Gasteiger partial charge in [-0.25, -0.2) is 8.42 Å². The van der Waals surface area contributed by atoms with Crippen LogP contribution in [0, 0.1) is 0 Å². The number of aliphatic hydroxyl groups excluding tert-OH is 1. The average Bonchev–Trinajstić information content (AvgIpc) is 2.88. The average molecular weight is 356 g/mol. The number of rotatable bonds is 7. The zero-order chi connectivity index (χ0) is 17.4. The van der Waals surface area contributed by atoms with E-state index >= 15 is 0 Å². The lowest BCUT2D eigenvalue weighted by atomic mass is 10.2. The second kappa shape index (κ2) is 9.00. The van der Waals surface area contributed by atoms with Crippen molar-refractivity contribution in [2.75, 3.05) is 32.8 Å². The van der Waals surface area contributed by atoms with E-state index in [1.54, 1.807) is 12.1 Å². The lowest BCUT2D eigenvalue weighted by Gasteiger charge is -2.20. The van der Waals surface area contributed by atoms with E-state index in [2.05, 4.69) is 5.32 Å². The highest BCUT2D eigenvalue weighted by atomic mass is 32.2. The predicted octanol–water partition coefficient (Wildman–Crippen LogP) is 0.739. The second-order valence-electron chi connectivity index (χ2n) is 5.65. The number of ether oxygens (including phenoxy) is 1. The summed E-state index contributed by atoms with van der Waals surface area (Å²) in [6.07, 6.45) is 3.92. The monoisotopic (exact) mass is 356 g/mol. The number of carbonyl (C=O) groups excluding carboxylic acids is 1. The molecule has 1 aliphatic heterocycles. The van der Waals surface area contributed by atoms with Crippen LogP contribution < -0.4 is 10.1 Å². The van der Waals surface area contributed by atoms with Crippen molar-refractivity contribution >= 4 is 15.9 Å². The van der Waals surface area contributed by atoms with Crippen LogP contribution in [-0.4, -0.2) is 56.6 Å². The number of benzene rings is 1. The molecule has 0 unspecified atom stereocenters. The summed E-state index contributed by atoms with van der Waals surface area (Å²) in [6.45, 7) is 0.986. The third kappa shape index (κ3) is 5.19. The van der Waals surface area contributed by atoms with Crippen LogP contribution in [0.3, 0.4) is 0 Å². The molecule has 1 aromatic rings. The van der Waals surface area contributed by atoms with E-state index in [0.29, 0.717) is 18.8 Å². The summed E-state index contributed by atoms with van der Waals surface area (Å²) in [5.41, 5.74) is 0. The van der Waals surface area contributed by atoms with Gasteiger partial charge in [-0.05, 0) is 37.1 Å². The maximum atomic E-state index is 12.6. The number of hydrogen-bond donors (Lipinski definition) is 2. The molecule has 1 fully saturated rings. The first-order valence-electron chi connectivity index (χ1n) is 8.14. The van der Waals surface area contributed by atoms with Crippen LogP contribution in [0.5, 0.6) is 5.75 Å². The highest BCUT2D eigenvalue weighted by Crippen LogP contribution is 2.22. The summed E-state index contributed by atoms with van der Waals surface area (Å²) in [7, 11) is -3.47. The predicted molar refractivity (Wildman–Crippen MR) is 89.3 cm³/mol. The van der Waals surface area contributed by atoms with E-state index in [1.165, 1.54) is 16.4 Å². The molecule has 24 heavy (non-hydrogen) atoms. The quantitative estimate of drug-likeness (QED) is 0.751. The number of hydrogen-bond acceptors (Lipinski definition) is 5. The van der Waals surface area contributed by atoms with Crippen LogP contribution in [0.25, 0.3) is 0 Å². The van der Waals surface area contributed by atoms with Crippen molar-refractivity contribution in [3.63, 3.8) is 0 Å². The molecule has 0 aromatic heterocycles. The molecule has 1 amide bonds. The van der Waals surface area contributed by atoms with Crippen molar-refractivity contribution in [2.45, 2.75) is 30.6 Å². The molecule has 0 radical (unpaired) electrons. The van der Waals surface area contributed by atoms with Crippen molar-refractivity contribution in [2.24, 2.45) is 0 Å². The lowest BCUT2D eigenvalue weighted by molar-refractivity contribution is -0.123. The summed E-state index contributed by atoms with van der Waals surface area (Å²) >= 11 is 0. The van der Waals surface area contributed by atoms with E-state index in [-0.39, 0.29) is 30.6 Å². The Bertz CT molecular complexity index is 622. The topological polar surface area (TPSA) is 95.9 Å². The molecule has 134 valence electrons. The van der Waals surface area contributed by atoms with E-state index < -0.39 is 10.0 Å². The van der Waals surface area contributed by atoms with Crippen molar-refractivity contribution in [1.82, 2.24) is 9.62 Å². The van der Waals surface area contributed by atoms with Crippen LogP contribution in [0.15, 0.2) is 29.2 Å². The van der Waals surface area contributed by atoms with Gasteiger partial charge in [0.15, 0.2) is 6.61 Å². The molecule has 7 nitrogen and oxygen atoms in total. The Labute approximate surface area is 142 Å². The minimum atomic E-state index is -3.47. The smallest absolute Gasteiger partial charge is 0.258 e. The van der Waals surface area contributed by atoms with Crippen LogP contribution in [0.1, 0.15) is 25.7 Å². The third-order valence-electron chi connectivity index (χ3n) is 3.83. The molecule has 0 spiro atoms. The molecule has 1 aromatic carbocycles. The van der Waals surface area contributed by atoms with Gasteiger partial charge in [-0.1, -0.05) is 12.8 Å². The molecule has 0 atom stereocenters. The third-order valence-corrected chi connectivity index (χ3v) is 5.74. The molecule has 1 heterocycles. The fourth-order valence-corrected chi connectivity index (χ4v) is 4.05. The standard InChI is InChI=1S/C16H24N2O5S/c19-12-9-17-16(20)13-23-14-5-7-15(8-6-14)24(21,22)18-10-3-1-2-4-11-18/h5-8,19H,1-4,9-13H2,(H,17,20). The maximum absolute atomic E-state index is 12.6. The normalized spacial score (nSPS) is 16.4. The largest absolute Gasteiger partial charge is 0.484 e. The first-order valence-corrected chi connectivity index (χ1v) is 9.58. The lowest BCUT2D eigenvalue weighted by Crippen LogP contribution is -2.32. The van der Waals surface area contributed by atoms with Gasteiger partial charge in [0.2, 0.25) is 10.0 Å². The van der Waals surface area contributed by atoms with E-state index in [0.717, 1.165) is 25.7 Å². The van der Waals surface area contributed by atoms with Gasteiger partial charge in [-0.2, -0.15) is 4.31 Å². The van der Waals surface area contributed by atoms with Crippen LogP contribution in [-0.2, 0) is 14.8 Å². The highest BCUT2D eigenvalue weighted by molar-refractivity contribution is 7.89. The fourth-order valence-electron chi connectivity index (χ4n) is 2.53. The minimum Gasteiger partial charge on any atom is -0.484 e. The zero-order valence-electron chi connectivity index (χ0n) is 13.6. The number of aliphatic hydroxyl groups is 1. The maximum Gasteiger partial charge on any atom is 0.258 e. The Kier molecular flexibility index (Phi) is 7.01. The SMILES string of the molecule is O=C(COc1ccc(S(=O)(=O)N2CCCCCC2)cc1)NCCO. The first-order chi connectivity index (χ1) is 11.5. The summed E-state index contributed by atoms with van der Waals surface area (Å²) in [6, 6.07) is 6.09. The van der Waals surface area contributed by atoms with Gasteiger partial charge in [0.1, 0.15) is 5.75 Å². The van der Waals surface area contributed by atoms with Crippen molar-refractivity contribution in [3.8, 4) is 5.75 Å². The molecule has 0 bridgehead atoms. The molecule has 8 heteroatoms. The summed E-state index contributed by atoms with van der Waals surface area (Å²) in [4.78, 5) is 11.6. The number of nitrogens with one attached hydrogen (secondary N) is 1. The van der Waals surface area contributed by atoms with E-state index in [4.69, 9.17) is 9.84 Å². The van der Waals surface area contributed by atoms with Gasteiger partial charge in [-0.15, -0.1) is 0 Å². The Morgan fingerprint density at radius 2 is 1.75 bits per heavy atom. The van der Waals surface area contributed by atoms with Gasteiger partial charge in [0, 0.05) is 19.6 Å². The van der Waals surface area contributed by atoms with Crippen molar-refractivity contribution in [3.05, 3.63) is 24.3 Å². The molecule has 2 N–H and O–H groups in total. The molecule has 0 aliphatic carbocycles.